The number of rotatable bonds is 5. The van der Waals surface area contributed by atoms with Gasteiger partial charge >= 0.3 is 5.97 Å². The molecule has 1 aromatic heterocycles. The molecule has 3 aromatic rings. The Labute approximate surface area is 162 Å². The molecule has 1 aliphatic rings. The second-order valence-electron chi connectivity index (χ2n) is 6.86. The molecule has 144 valence electrons. The van der Waals surface area contributed by atoms with Crippen molar-refractivity contribution in [1.82, 2.24) is 0 Å². The Balaban J connectivity index is 1.51. The third-order valence-corrected chi connectivity index (χ3v) is 4.98. The van der Waals surface area contributed by atoms with E-state index < -0.39 is 5.97 Å². The molecule has 2 aromatic carbocycles. The van der Waals surface area contributed by atoms with Crippen LogP contribution in [0.4, 0.5) is 5.69 Å². The first-order chi connectivity index (χ1) is 13.6. The van der Waals surface area contributed by atoms with Crippen molar-refractivity contribution in [2.24, 2.45) is 0 Å². The van der Waals surface area contributed by atoms with Gasteiger partial charge in [-0.3, -0.25) is 4.79 Å². The SMILES string of the molecule is COCc1c(C(=O)OCC(=O)N2c3ccccc3C[C@@H]2C)oc2ccccc12. The van der Waals surface area contributed by atoms with E-state index in [1.807, 2.05) is 49.4 Å². The van der Waals surface area contributed by atoms with Crippen LogP contribution < -0.4 is 4.90 Å². The van der Waals surface area contributed by atoms with Crippen molar-refractivity contribution in [3.8, 4) is 0 Å². The van der Waals surface area contributed by atoms with Crippen LogP contribution in [0.25, 0.3) is 11.0 Å². The Morgan fingerprint density at radius 2 is 1.89 bits per heavy atom. The molecule has 1 aliphatic heterocycles. The fraction of sp³-hybridized carbons (Fsp3) is 0.273. The van der Waals surface area contributed by atoms with Gasteiger partial charge in [-0.05, 0) is 31.0 Å². The highest BCUT2D eigenvalue weighted by atomic mass is 16.5. The van der Waals surface area contributed by atoms with E-state index in [1.54, 1.807) is 18.1 Å². The van der Waals surface area contributed by atoms with E-state index in [2.05, 4.69) is 0 Å². The maximum Gasteiger partial charge on any atom is 0.375 e. The first-order valence-corrected chi connectivity index (χ1v) is 9.16. The third-order valence-electron chi connectivity index (χ3n) is 4.98. The molecule has 6 heteroatoms. The number of para-hydroxylation sites is 2. The van der Waals surface area contributed by atoms with Gasteiger partial charge in [0.25, 0.3) is 5.91 Å². The van der Waals surface area contributed by atoms with E-state index in [4.69, 9.17) is 13.9 Å². The van der Waals surface area contributed by atoms with Crippen LogP contribution in [0.1, 0.15) is 28.6 Å². The standard InChI is InChI=1S/C22H21NO5/c1-14-11-15-7-3-5-9-18(15)23(14)20(24)13-27-22(25)21-17(12-26-2)16-8-4-6-10-19(16)28-21/h3-10,14H,11-13H2,1-2H3/t14-/m0/s1. The quantitative estimate of drug-likeness (QED) is 0.632. The summed E-state index contributed by atoms with van der Waals surface area (Å²) in [5, 5.41) is 0.796. The molecule has 0 bridgehead atoms. The van der Waals surface area contributed by atoms with Gasteiger partial charge in [-0.1, -0.05) is 36.4 Å². The van der Waals surface area contributed by atoms with Crippen LogP contribution in [0.5, 0.6) is 0 Å². The molecule has 2 heterocycles. The Morgan fingerprint density at radius 3 is 2.71 bits per heavy atom. The molecule has 0 saturated heterocycles. The van der Waals surface area contributed by atoms with E-state index in [1.165, 1.54) is 0 Å². The smallest absolute Gasteiger partial charge is 0.375 e. The average Bonchev–Trinajstić information content (AvgIpc) is 3.23. The van der Waals surface area contributed by atoms with Gasteiger partial charge in [0.2, 0.25) is 5.76 Å². The summed E-state index contributed by atoms with van der Waals surface area (Å²) in [6, 6.07) is 15.1. The number of ether oxygens (including phenoxy) is 2. The molecule has 0 N–H and O–H groups in total. The number of nitrogens with zero attached hydrogens (tertiary/aromatic N) is 1. The Bertz CT molecular complexity index is 1040. The number of anilines is 1. The molecule has 0 spiro atoms. The van der Waals surface area contributed by atoms with Gasteiger partial charge in [-0.25, -0.2) is 4.79 Å². The largest absolute Gasteiger partial charge is 0.450 e. The van der Waals surface area contributed by atoms with Crippen molar-refractivity contribution in [3.63, 3.8) is 0 Å². The molecule has 4 rings (SSSR count). The minimum absolute atomic E-state index is 0.0267. The molecule has 1 amide bonds. The van der Waals surface area contributed by atoms with Crippen LogP contribution in [0.15, 0.2) is 52.9 Å². The first-order valence-electron chi connectivity index (χ1n) is 9.16. The van der Waals surface area contributed by atoms with Gasteiger partial charge < -0.3 is 18.8 Å². The summed E-state index contributed by atoms with van der Waals surface area (Å²) in [7, 11) is 1.55. The third kappa shape index (κ3) is 3.16. The highest BCUT2D eigenvalue weighted by molar-refractivity contribution is 6.00. The van der Waals surface area contributed by atoms with Crippen LogP contribution in [-0.2, 0) is 27.3 Å². The van der Waals surface area contributed by atoms with E-state index >= 15 is 0 Å². The topological polar surface area (TPSA) is 69.0 Å². The number of fused-ring (bicyclic) bond motifs is 2. The number of hydrogen-bond acceptors (Lipinski definition) is 5. The van der Waals surface area contributed by atoms with Crippen LogP contribution >= 0.6 is 0 Å². The van der Waals surface area contributed by atoms with Crippen molar-refractivity contribution >= 4 is 28.5 Å². The van der Waals surface area contributed by atoms with Crippen molar-refractivity contribution in [2.75, 3.05) is 18.6 Å². The number of amides is 1. The lowest BCUT2D eigenvalue weighted by Gasteiger charge is -2.22. The maximum atomic E-state index is 12.7. The number of benzene rings is 2. The molecule has 28 heavy (non-hydrogen) atoms. The lowest BCUT2D eigenvalue weighted by molar-refractivity contribution is -0.122. The van der Waals surface area contributed by atoms with Crippen molar-refractivity contribution in [1.29, 1.82) is 0 Å². The zero-order valence-electron chi connectivity index (χ0n) is 15.8. The summed E-state index contributed by atoms with van der Waals surface area (Å²) < 4.78 is 16.2. The highest BCUT2D eigenvalue weighted by Gasteiger charge is 2.31. The Kier molecular flexibility index (Phi) is 4.88. The summed E-state index contributed by atoms with van der Waals surface area (Å²) in [6.07, 6.45) is 0.789. The summed E-state index contributed by atoms with van der Waals surface area (Å²) in [6.45, 7) is 1.85. The lowest BCUT2D eigenvalue weighted by Crippen LogP contribution is -2.38. The minimum Gasteiger partial charge on any atom is -0.450 e. The molecule has 0 radical (unpaired) electrons. The van der Waals surface area contributed by atoms with Gasteiger partial charge in [0, 0.05) is 29.8 Å². The first kappa shape index (κ1) is 18.3. The van der Waals surface area contributed by atoms with E-state index in [-0.39, 0.29) is 30.9 Å². The maximum absolute atomic E-state index is 12.7. The van der Waals surface area contributed by atoms with Crippen LogP contribution in [0.3, 0.4) is 0 Å². The van der Waals surface area contributed by atoms with Crippen LogP contribution in [0, 0.1) is 0 Å². The molecular formula is C22H21NO5. The number of esters is 1. The van der Waals surface area contributed by atoms with Gasteiger partial charge in [-0.15, -0.1) is 0 Å². The summed E-state index contributed by atoms with van der Waals surface area (Å²) in [4.78, 5) is 27.0. The molecular weight excluding hydrogens is 358 g/mol. The van der Waals surface area contributed by atoms with Crippen molar-refractivity contribution in [2.45, 2.75) is 26.0 Å². The molecule has 0 fully saturated rings. The fourth-order valence-electron chi connectivity index (χ4n) is 3.76. The fourth-order valence-corrected chi connectivity index (χ4v) is 3.76. The monoisotopic (exact) mass is 379 g/mol. The normalized spacial score (nSPS) is 15.6. The van der Waals surface area contributed by atoms with Crippen molar-refractivity contribution < 1.29 is 23.5 Å². The number of carbonyl (C=O) groups excluding carboxylic acids is 2. The molecule has 0 aliphatic carbocycles. The van der Waals surface area contributed by atoms with Gasteiger partial charge in [0.1, 0.15) is 5.58 Å². The van der Waals surface area contributed by atoms with Gasteiger partial charge in [-0.2, -0.15) is 0 Å². The number of furan rings is 1. The minimum atomic E-state index is -0.670. The average molecular weight is 379 g/mol. The van der Waals surface area contributed by atoms with E-state index in [0.29, 0.717) is 11.1 Å². The zero-order chi connectivity index (χ0) is 19.7. The second-order valence-corrected chi connectivity index (χ2v) is 6.86. The predicted octanol–water partition coefficient (Wildman–Crippen LogP) is 3.71. The lowest BCUT2D eigenvalue weighted by atomic mass is 10.1. The van der Waals surface area contributed by atoms with Crippen molar-refractivity contribution in [3.05, 3.63) is 65.4 Å². The Hall–Kier alpha value is -3.12. The van der Waals surface area contributed by atoms with Crippen LogP contribution in [-0.4, -0.2) is 31.6 Å². The highest BCUT2D eigenvalue weighted by Crippen LogP contribution is 2.32. The summed E-state index contributed by atoms with van der Waals surface area (Å²) >= 11 is 0. The number of carbonyl (C=O) groups is 2. The molecule has 1 atom stereocenters. The van der Waals surface area contributed by atoms with Gasteiger partial charge in [0.05, 0.1) is 6.61 Å². The number of methoxy groups -OCH3 is 1. The second kappa shape index (κ2) is 7.48. The molecule has 6 nitrogen and oxygen atoms in total. The summed E-state index contributed by atoms with van der Waals surface area (Å²) in [5.41, 5.74) is 3.19. The van der Waals surface area contributed by atoms with Crippen LogP contribution in [0.2, 0.25) is 0 Å². The van der Waals surface area contributed by atoms with Gasteiger partial charge in [0.15, 0.2) is 6.61 Å². The van der Waals surface area contributed by atoms with E-state index in [9.17, 15) is 9.59 Å². The predicted molar refractivity (Wildman–Crippen MR) is 104 cm³/mol. The summed E-state index contributed by atoms with van der Waals surface area (Å²) in [5.74, 6) is -0.849. The zero-order valence-corrected chi connectivity index (χ0v) is 15.8. The van der Waals surface area contributed by atoms with E-state index in [0.717, 1.165) is 23.1 Å². The molecule has 0 saturated carbocycles. The Morgan fingerprint density at radius 1 is 1.14 bits per heavy atom. The number of hydrogen-bond donors (Lipinski definition) is 0. The molecule has 0 unspecified atom stereocenters.